The molecule has 2 amide bonds. The zero-order valence-electron chi connectivity index (χ0n) is 18.2. The number of hydrogen-bond donors (Lipinski definition) is 1. The number of aryl methyl sites for hydroxylation is 3. The molecule has 1 aliphatic carbocycles. The summed E-state index contributed by atoms with van der Waals surface area (Å²) in [5, 5.41) is 3.14. The van der Waals surface area contributed by atoms with E-state index in [1.165, 1.54) is 17.4 Å². The molecule has 0 unspecified atom stereocenters. The Morgan fingerprint density at radius 3 is 2.23 bits per heavy atom. The molecule has 162 valence electrons. The summed E-state index contributed by atoms with van der Waals surface area (Å²) in [6, 6.07) is 9.94. The van der Waals surface area contributed by atoms with E-state index in [4.69, 9.17) is 8.83 Å². The van der Waals surface area contributed by atoms with Crippen LogP contribution in [0.5, 0.6) is 0 Å². The fraction of sp³-hybridized carbons (Fsp3) is 0.360. The molecule has 0 spiro atoms. The van der Waals surface area contributed by atoms with Crippen LogP contribution in [-0.4, -0.2) is 17.9 Å². The summed E-state index contributed by atoms with van der Waals surface area (Å²) in [6.45, 7) is 5.91. The minimum atomic E-state index is -0.951. The Bertz CT molecular complexity index is 1020. The van der Waals surface area contributed by atoms with Crippen molar-refractivity contribution in [1.29, 1.82) is 0 Å². The van der Waals surface area contributed by atoms with Crippen molar-refractivity contribution in [3.8, 4) is 0 Å². The van der Waals surface area contributed by atoms with Gasteiger partial charge in [-0.3, -0.25) is 14.5 Å². The highest BCUT2D eigenvalue weighted by molar-refractivity contribution is 6.09. The largest absolute Gasteiger partial charge is 0.467 e. The summed E-state index contributed by atoms with van der Waals surface area (Å²) in [5.41, 5.74) is 3.59. The quantitative estimate of drug-likeness (QED) is 0.591. The van der Waals surface area contributed by atoms with Crippen LogP contribution < -0.4 is 10.2 Å². The first-order valence-electron chi connectivity index (χ1n) is 10.7. The summed E-state index contributed by atoms with van der Waals surface area (Å²) in [6.07, 6.45) is 7.08. The lowest BCUT2D eigenvalue weighted by Crippen LogP contribution is -2.46. The Morgan fingerprint density at radius 1 is 1.00 bits per heavy atom. The second-order valence-corrected chi connectivity index (χ2v) is 8.31. The third-order valence-corrected chi connectivity index (χ3v) is 5.85. The number of benzene rings is 1. The van der Waals surface area contributed by atoms with E-state index >= 15 is 0 Å². The van der Waals surface area contributed by atoms with E-state index in [1.54, 1.807) is 24.3 Å². The second kappa shape index (κ2) is 8.84. The Hall–Kier alpha value is -3.28. The van der Waals surface area contributed by atoms with Gasteiger partial charge < -0.3 is 14.2 Å². The molecule has 3 aromatic rings. The van der Waals surface area contributed by atoms with Crippen molar-refractivity contribution in [1.82, 2.24) is 5.32 Å². The zero-order chi connectivity index (χ0) is 22.0. The SMILES string of the molecule is Cc1cc(C)c(N(C(=O)c2ccco2)[C@H](C(=O)NC2CCCC2)c2ccco2)c(C)c1. The van der Waals surface area contributed by atoms with E-state index in [-0.39, 0.29) is 23.6 Å². The van der Waals surface area contributed by atoms with Gasteiger partial charge in [-0.25, -0.2) is 0 Å². The molecule has 0 saturated heterocycles. The van der Waals surface area contributed by atoms with Crippen LogP contribution in [0.4, 0.5) is 5.69 Å². The van der Waals surface area contributed by atoms with Crippen molar-refractivity contribution >= 4 is 17.5 Å². The van der Waals surface area contributed by atoms with Gasteiger partial charge in [0.2, 0.25) is 0 Å². The van der Waals surface area contributed by atoms with Gasteiger partial charge in [0.15, 0.2) is 11.8 Å². The van der Waals surface area contributed by atoms with Crippen molar-refractivity contribution in [2.75, 3.05) is 4.90 Å². The Labute approximate surface area is 182 Å². The Morgan fingerprint density at radius 2 is 1.65 bits per heavy atom. The maximum atomic E-state index is 13.7. The lowest BCUT2D eigenvalue weighted by molar-refractivity contribution is -0.123. The molecular formula is C25H28N2O4. The van der Waals surface area contributed by atoms with Gasteiger partial charge in [-0.1, -0.05) is 30.5 Å². The van der Waals surface area contributed by atoms with Gasteiger partial charge in [0.25, 0.3) is 11.8 Å². The van der Waals surface area contributed by atoms with Gasteiger partial charge in [0.1, 0.15) is 5.76 Å². The van der Waals surface area contributed by atoms with Crippen molar-refractivity contribution in [3.05, 3.63) is 77.1 Å². The predicted octanol–water partition coefficient (Wildman–Crippen LogP) is 5.24. The summed E-state index contributed by atoms with van der Waals surface area (Å²) >= 11 is 0. The summed E-state index contributed by atoms with van der Waals surface area (Å²) < 4.78 is 11.1. The van der Waals surface area contributed by atoms with Crippen molar-refractivity contribution in [3.63, 3.8) is 0 Å². The molecule has 2 heterocycles. The maximum Gasteiger partial charge on any atom is 0.295 e. The first-order chi connectivity index (χ1) is 15.0. The second-order valence-electron chi connectivity index (χ2n) is 8.31. The number of rotatable bonds is 6. The van der Waals surface area contributed by atoms with Gasteiger partial charge in [0.05, 0.1) is 18.2 Å². The fourth-order valence-corrected chi connectivity index (χ4v) is 4.59. The molecule has 1 aliphatic rings. The average molecular weight is 421 g/mol. The van der Waals surface area contributed by atoms with Gasteiger partial charge in [-0.15, -0.1) is 0 Å². The number of furan rings is 2. The van der Waals surface area contributed by atoms with E-state index in [0.29, 0.717) is 11.4 Å². The number of carbonyl (C=O) groups excluding carboxylic acids is 2. The van der Waals surface area contributed by atoms with Crippen LogP contribution in [0.25, 0.3) is 0 Å². The molecule has 1 atom stereocenters. The first-order valence-corrected chi connectivity index (χ1v) is 10.7. The van der Waals surface area contributed by atoms with Crippen molar-refractivity contribution < 1.29 is 18.4 Å². The lowest BCUT2D eigenvalue weighted by Gasteiger charge is -2.32. The molecule has 1 N–H and O–H groups in total. The van der Waals surface area contributed by atoms with E-state index in [1.807, 2.05) is 32.9 Å². The molecular weight excluding hydrogens is 392 g/mol. The van der Waals surface area contributed by atoms with Crippen LogP contribution >= 0.6 is 0 Å². The number of nitrogens with zero attached hydrogens (tertiary/aromatic N) is 1. The molecule has 1 saturated carbocycles. The molecule has 2 aromatic heterocycles. The van der Waals surface area contributed by atoms with E-state index < -0.39 is 6.04 Å². The zero-order valence-corrected chi connectivity index (χ0v) is 18.2. The van der Waals surface area contributed by atoms with E-state index in [2.05, 4.69) is 5.32 Å². The van der Waals surface area contributed by atoms with Crippen molar-refractivity contribution in [2.24, 2.45) is 0 Å². The molecule has 31 heavy (non-hydrogen) atoms. The Balaban J connectivity index is 1.84. The highest BCUT2D eigenvalue weighted by Crippen LogP contribution is 2.36. The molecule has 0 radical (unpaired) electrons. The molecule has 0 aliphatic heterocycles. The molecule has 6 heteroatoms. The molecule has 4 rings (SSSR count). The van der Waals surface area contributed by atoms with Crippen LogP contribution in [0.2, 0.25) is 0 Å². The lowest BCUT2D eigenvalue weighted by atomic mass is 10.0. The minimum Gasteiger partial charge on any atom is -0.467 e. The van der Waals surface area contributed by atoms with Crippen LogP contribution in [0.3, 0.4) is 0 Å². The third kappa shape index (κ3) is 4.29. The molecule has 1 fully saturated rings. The smallest absolute Gasteiger partial charge is 0.295 e. The topological polar surface area (TPSA) is 75.7 Å². The summed E-state index contributed by atoms with van der Waals surface area (Å²) in [7, 11) is 0. The summed E-state index contributed by atoms with van der Waals surface area (Å²) in [4.78, 5) is 28.8. The third-order valence-electron chi connectivity index (χ3n) is 5.85. The maximum absolute atomic E-state index is 13.7. The molecule has 1 aromatic carbocycles. The predicted molar refractivity (Wildman–Crippen MR) is 118 cm³/mol. The number of carbonyl (C=O) groups is 2. The molecule has 6 nitrogen and oxygen atoms in total. The number of hydrogen-bond acceptors (Lipinski definition) is 4. The number of anilines is 1. The van der Waals surface area contributed by atoms with Crippen LogP contribution in [-0.2, 0) is 4.79 Å². The van der Waals surface area contributed by atoms with Gasteiger partial charge in [-0.05, 0) is 69.0 Å². The minimum absolute atomic E-state index is 0.116. The first kappa shape index (κ1) is 21.0. The highest BCUT2D eigenvalue weighted by atomic mass is 16.3. The normalized spacial score (nSPS) is 15.1. The standard InChI is InChI=1S/C25H28N2O4/c1-16-14-17(2)22(18(3)15-16)27(25(29)21-11-7-13-31-21)23(20-10-6-12-30-20)24(28)26-19-8-4-5-9-19/h6-7,10-15,19,23H,4-5,8-9H2,1-3H3,(H,26,28)/t23-/m0/s1. The van der Waals surface area contributed by atoms with Crippen LogP contribution in [0.15, 0.2) is 57.8 Å². The van der Waals surface area contributed by atoms with Crippen LogP contribution in [0.1, 0.15) is 64.7 Å². The highest BCUT2D eigenvalue weighted by Gasteiger charge is 2.38. The van der Waals surface area contributed by atoms with Gasteiger partial charge in [0, 0.05) is 6.04 Å². The van der Waals surface area contributed by atoms with E-state index in [9.17, 15) is 9.59 Å². The van der Waals surface area contributed by atoms with Crippen LogP contribution in [0, 0.1) is 20.8 Å². The average Bonchev–Trinajstić information content (AvgIpc) is 3.48. The number of nitrogens with one attached hydrogen (secondary N) is 1. The molecule has 0 bridgehead atoms. The van der Waals surface area contributed by atoms with Crippen molar-refractivity contribution in [2.45, 2.75) is 58.5 Å². The monoisotopic (exact) mass is 420 g/mol. The summed E-state index contributed by atoms with van der Waals surface area (Å²) in [5.74, 6) is -0.0523. The van der Waals surface area contributed by atoms with E-state index in [0.717, 1.165) is 42.4 Å². The van der Waals surface area contributed by atoms with Gasteiger partial charge >= 0.3 is 0 Å². The fourth-order valence-electron chi connectivity index (χ4n) is 4.59. The number of amides is 2. The van der Waals surface area contributed by atoms with Gasteiger partial charge in [-0.2, -0.15) is 0 Å². The Kier molecular flexibility index (Phi) is 5.98.